The Morgan fingerprint density at radius 2 is 1.75 bits per heavy atom. The second kappa shape index (κ2) is 8.36. The van der Waals surface area contributed by atoms with Crippen molar-refractivity contribution in [3.8, 4) is 0 Å². The van der Waals surface area contributed by atoms with E-state index in [9.17, 15) is 18.0 Å². The van der Waals surface area contributed by atoms with Crippen molar-refractivity contribution >= 4 is 22.0 Å². The predicted molar refractivity (Wildman–Crippen MR) is 101 cm³/mol. The highest BCUT2D eigenvalue weighted by atomic mass is 32.2. The lowest BCUT2D eigenvalue weighted by atomic mass is 10.2. The summed E-state index contributed by atoms with van der Waals surface area (Å²) in [6.07, 6.45) is 3.34. The molecule has 28 heavy (non-hydrogen) atoms. The van der Waals surface area contributed by atoms with Crippen LogP contribution in [-0.2, 0) is 10.0 Å². The van der Waals surface area contributed by atoms with Crippen LogP contribution in [0.25, 0.3) is 0 Å². The third-order valence-corrected chi connectivity index (χ3v) is 6.28. The normalized spacial score (nSPS) is 17.1. The molecule has 0 spiro atoms. The Morgan fingerprint density at radius 1 is 1.07 bits per heavy atom. The van der Waals surface area contributed by atoms with E-state index >= 15 is 0 Å². The fourth-order valence-electron chi connectivity index (χ4n) is 2.89. The van der Waals surface area contributed by atoms with Gasteiger partial charge in [0.2, 0.25) is 10.0 Å². The summed E-state index contributed by atoms with van der Waals surface area (Å²) < 4.78 is 27.0. The number of rotatable bonds is 4. The van der Waals surface area contributed by atoms with E-state index in [2.05, 4.69) is 21.2 Å². The highest BCUT2D eigenvalue weighted by Gasteiger charge is 2.36. The molecule has 0 saturated carbocycles. The van der Waals surface area contributed by atoms with E-state index in [-0.39, 0.29) is 4.90 Å². The van der Waals surface area contributed by atoms with Crippen LogP contribution in [0.15, 0.2) is 53.7 Å². The number of nitrogens with one attached hydrogen (secondary N) is 3. The number of aromatic nitrogens is 1. The Hall–Kier alpha value is -2.98. The standard InChI is InChI=1S/C18H21N5O4S/c1-13-4-6-15(7-5-13)28(26,27)23-12-2-3-16(23)20-18(25)22-21-17(24)14-8-10-19-11-9-14/h4-11,16H,2-3,12H2,1H3,(H,21,24)(H2,20,22,25). The minimum atomic E-state index is -3.73. The molecule has 9 nitrogen and oxygen atoms in total. The van der Waals surface area contributed by atoms with Gasteiger partial charge in [-0.15, -0.1) is 0 Å². The molecule has 10 heteroatoms. The highest BCUT2D eigenvalue weighted by Crippen LogP contribution is 2.24. The van der Waals surface area contributed by atoms with E-state index in [1.807, 2.05) is 6.92 Å². The molecule has 1 atom stereocenters. The Bertz CT molecular complexity index is 948. The van der Waals surface area contributed by atoms with Crippen LogP contribution in [0.1, 0.15) is 28.8 Å². The number of nitrogens with zero attached hydrogens (tertiary/aromatic N) is 2. The molecular weight excluding hydrogens is 382 g/mol. The number of hydrogen-bond donors (Lipinski definition) is 3. The van der Waals surface area contributed by atoms with Crippen LogP contribution < -0.4 is 16.2 Å². The number of carbonyl (C=O) groups is 2. The summed E-state index contributed by atoms with van der Waals surface area (Å²) in [4.78, 5) is 28.0. The largest absolute Gasteiger partial charge is 0.334 e. The number of carbonyl (C=O) groups excluding carboxylic acids is 2. The minimum absolute atomic E-state index is 0.179. The lowest BCUT2D eigenvalue weighted by Crippen LogP contribution is -2.54. The van der Waals surface area contributed by atoms with Gasteiger partial charge in [-0.25, -0.2) is 18.6 Å². The Labute approximate surface area is 163 Å². The van der Waals surface area contributed by atoms with Crippen LogP contribution in [0.3, 0.4) is 0 Å². The Kier molecular flexibility index (Phi) is 5.90. The van der Waals surface area contributed by atoms with Crippen molar-refractivity contribution in [3.63, 3.8) is 0 Å². The molecule has 1 aromatic heterocycles. The van der Waals surface area contributed by atoms with E-state index in [0.717, 1.165) is 5.56 Å². The zero-order valence-electron chi connectivity index (χ0n) is 15.3. The molecule has 1 fully saturated rings. The maximum atomic E-state index is 12.9. The second-order valence-corrected chi connectivity index (χ2v) is 8.27. The fraction of sp³-hybridized carbons (Fsp3) is 0.278. The number of hydrazine groups is 1. The summed E-state index contributed by atoms with van der Waals surface area (Å²) in [6, 6.07) is 8.87. The molecule has 1 aliphatic heterocycles. The van der Waals surface area contributed by atoms with Crippen LogP contribution in [0.5, 0.6) is 0 Å². The van der Waals surface area contributed by atoms with Gasteiger partial charge in [-0.3, -0.25) is 15.2 Å². The van der Waals surface area contributed by atoms with E-state index in [1.165, 1.54) is 28.8 Å². The smallest absolute Gasteiger partial charge is 0.320 e. The first-order chi connectivity index (χ1) is 13.4. The number of amides is 3. The van der Waals surface area contributed by atoms with Crippen molar-refractivity contribution in [1.82, 2.24) is 25.5 Å². The van der Waals surface area contributed by atoms with Gasteiger partial charge in [0.05, 0.1) is 11.1 Å². The van der Waals surface area contributed by atoms with Gasteiger partial charge < -0.3 is 5.32 Å². The molecular formula is C18H21N5O4S. The maximum Gasteiger partial charge on any atom is 0.334 e. The predicted octanol–water partition coefficient (Wildman–Crippen LogP) is 1.14. The molecule has 3 N–H and O–H groups in total. The van der Waals surface area contributed by atoms with E-state index < -0.39 is 28.1 Å². The number of urea groups is 1. The Morgan fingerprint density at radius 3 is 2.43 bits per heavy atom. The van der Waals surface area contributed by atoms with Crippen LogP contribution >= 0.6 is 0 Å². The van der Waals surface area contributed by atoms with Crippen LogP contribution in [0, 0.1) is 6.92 Å². The van der Waals surface area contributed by atoms with Gasteiger partial charge in [0, 0.05) is 24.5 Å². The van der Waals surface area contributed by atoms with E-state index in [0.29, 0.717) is 24.9 Å². The molecule has 3 rings (SSSR count). The number of hydrogen-bond acceptors (Lipinski definition) is 5. The van der Waals surface area contributed by atoms with Gasteiger partial charge in [-0.1, -0.05) is 17.7 Å². The first-order valence-electron chi connectivity index (χ1n) is 8.73. The average Bonchev–Trinajstić information content (AvgIpc) is 3.16. The molecule has 148 valence electrons. The summed E-state index contributed by atoms with van der Waals surface area (Å²) in [5.41, 5.74) is 5.79. The molecule has 1 aromatic carbocycles. The van der Waals surface area contributed by atoms with Crippen molar-refractivity contribution in [1.29, 1.82) is 0 Å². The number of pyridine rings is 1. The van der Waals surface area contributed by atoms with E-state index in [1.54, 1.807) is 24.3 Å². The average molecular weight is 403 g/mol. The van der Waals surface area contributed by atoms with Crippen molar-refractivity contribution in [2.24, 2.45) is 0 Å². The fourth-order valence-corrected chi connectivity index (χ4v) is 4.51. The summed E-state index contributed by atoms with van der Waals surface area (Å²) in [5, 5.41) is 2.59. The van der Waals surface area contributed by atoms with Crippen molar-refractivity contribution in [2.45, 2.75) is 30.8 Å². The van der Waals surface area contributed by atoms with Gasteiger partial charge in [0.15, 0.2) is 0 Å². The zero-order chi connectivity index (χ0) is 20.1. The van der Waals surface area contributed by atoms with Gasteiger partial charge in [-0.05, 0) is 44.0 Å². The molecule has 0 bridgehead atoms. The molecule has 2 heterocycles. The molecule has 0 aliphatic carbocycles. The number of benzene rings is 1. The van der Waals surface area contributed by atoms with Crippen molar-refractivity contribution in [2.75, 3.05) is 6.54 Å². The molecule has 1 aliphatic rings. The number of aryl methyl sites for hydroxylation is 1. The summed E-state index contributed by atoms with van der Waals surface area (Å²) >= 11 is 0. The van der Waals surface area contributed by atoms with Gasteiger partial charge in [0.25, 0.3) is 5.91 Å². The van der Waals surface area contributed by atoms with Crippen molar-refractivity contribution < 1.29 is 18.0 Å². The first kappa shape index (κ1) is 19.8. The van der Waals surface area contributed by atoms with Crippen molar-refractivity contribution in [3.05, 3.63) is 59.9 Å². The third kappa shape index (κ3) is 4.46. The van der Waals surface area contributed by atoms with Gasteiger partial charge in [0.1, 0.15) is 0 Å². The maximum absolute atomic E-state index is 12.9. The number of sulfonamides is 1. The lowest BCUT2D eigenvalue weighted by Gasteiger charge is -2.25. The molecule has 2 aromatic rings. The SMILES string of the molecule is Cc1ccc(S(=O)(=O)N2CCCC2NC(=O)NNC(=O)c2ccncc2)cc1. The molecule has 3 amide bonds. The second-order valence-electron chi connectivity index (χ2n) is 6.38. The lowest BCUT2D eigenvalue weighted by molar-refractivity contribution is 0.0935. The zero-order valence-corrected chi connectivity index (χ0v) is 16.1. The summed E-state index contributed by atoms with van der Waals surface area (Å²) in [5.74, 6) is -0.506. The highest BCUT2D eigenvalue weighted by molar-refractivity contribution is 7.89. The summed E-state index contributed by atoms with van der Waals surface area (Å²) in [7, 11) is -3.73. The van der Waals surface area contributed by atoms with Gasteiger partial charge in [-0.2, -0.15) is 4.31 Å². The third-order valence-electron chi connectivity index (χ3n) is 4.36. The minimum Gasteiger partial charge on any atom is -0.320 e. The quantitative estimate of drug-likeness (QED) is 0.661. The molecule has 1 saturated heterocycles. The Balaban J connectivity index is 1.61. The monoisotopic (exact) mass is 403 g/mol. The first-order valence-corrected chi connectivity index (χ1v) is 10.2. The van der Waals surface area contributed by atoms with Gasteiger partial charge >= 0.3 is 6.03 Å². The van der Waals surface area contributed by atoms with Crippen LogP contribution in [0.4, 0.5) is 4.79 Å². The molecule has 1 unspecified atom stereocenters. The topological polar surface area (TPSA) is 121 Å². The van der Waals surface area contributed by atoms with Crippen LogP contribution in [-0.4, -0.2) is 42.4 Å². The summed E-state index contributed by atoms with van der Waals surface area (Å²) in [6.45, 7) is 2.19. The molecule has 0 radical (unpaired) electrons. The van der Waals surface area contributed by atoms with E-state index in [4.69, 9.17) is 0 Å². The van der Waals surface area contributed by atoms with Crippen LogP contribution in [0.2, 0.25) is 0 Å².